The molecule has 2 aromatic rings. The zero-order valence-electron chi connectivity index (χ0n) is 17.4. The third kappa shape index (κ3) is 5.58. The van der Waals surface area contributed by atoms with E-state index in [4.69, 9.17) is 4.74 Å². The van der Waals surface area contributed by atoms with Crippen LogP contribution in [-0.4, -0.2) is 30.6 Å². The van der Waals surface area contributed by atoms with E-state index in [0.29, 0.717) is 21.9 Å². The minimum atomic E-state index is -0.461. The molecule has 0 saturated carbocycles. The Kier molecular flexibility index (Phi) is 7.72. The summed E-state index contributed by atoms with van der Waals surface area (Å²) in [4.78, 5) is 36.4. The number of hydrogen-bond donors (Lipinski definition) is 2. The van der Waals surface area contributed by atoms with Gasteiger partial charge >= 0.3 is 5.97 Å². The van der Waals surface area contributed by atoms with Crippen LogP contribution in [-0.2, 0) is 14.3 Å². The second-order valence-corrected chi connectivity index (χ2v) is 8.91. The highest BCUT2D eigenvalue weighted by Gasteiger charge is 2.30. The van der Waals surface area contributed by atoms with Gasteiger partial charge in [-0.05, 0) is 48.4 Å². The van der Waals surface area contributed by atoms with E-state index in [0.717, 1.165) is 27.4 Å². The summed E-state index contributed by atoms with van der Waals surface area (Å²) in [5, 5.41) is 15.7. The standard InChI is InChI=1S/C23H20BrN3O4S/c1-13-9-16(7-8-19(13)24)26-21(29)12-32-22-18(11-25)17(10-20(28)27-22)14-3-5-15(6-4-14)23(30)31-2/h3-9,17H,10,12H2,1-2H3,(H,26,29)(H,27,28)/t17-/m0/s1. The number of halogens is 1. The first-order valence-corrected chi connectivity index (χ1v) is 11.4. The number of nitriles is 1. The summed E-state index contributed by atoms with van der Waals surface area (Å²) in [5.41, 5.74) is 3.16. The predicted molar refractivity (Wildman–Crippen MR) is 126 cm³/mol. The van der Waals surface area contributed by atoms with Crippen LogP contribution >= 0.6 is 27.7 Å². The summed E-state index contributed by atoms with van der Waals surface area (Å²) < 4.78 is 5.65. The highest BCUT2D eigenvalue weighted by atomic mass is 79.9. The minimum Gasteiger partial charge on any atom is -0.465 e. The molecular formula is C23H20BrN3O4S. The largest absolute Gasteiger partial charge is 0.465 e. The number of esters is 1. The molecule has 0 spiro atoms. The third-order valence-corrected chi connectivity index (χ3v) is 6.79. The fourth-order valence-corrected chi connectivity index (χ4v) is 4.37. The van der Waals surface area contributed by atoms with Crippen LogP contribution in [0.2, 0.25) is 0 Å². The zero-order chi connectivity index (χ0) is 23.3. The number of benzene rings is 2. The van der Waals surface area contributed by atoms with Crippen LogP contribution in [0.5, 0.6) is 0 Å². The first kappa shape index (κ1) is 23.6. The van der Waals surface area contributed by atoms with Crippen molar-refractivity contribution in [1.29, 1.82) is 5.26 Å². The van der Waals surface area contributed by atoms with Gasteiger partial charge in [-0.3, -0.25) is 9.59 Å². The topological polar surface area (TPSA) is 108 Å². The van der Waals surface area contributed by atoms with Crippen LogP contribution in [0.15, 0.2) is 57.5 Å². The molecule has 1 aliphatic rings. The fraction of sp³-hybridized carbons (Fsp3) is 0.217. The first-order valence-electron chi connectivity index (χ1n) is 9.63. The number of nitrogens with one attached hydrogen (secondary N) is 2. The van der Waals surface area contributed by atoms with Gasteiger partial charge in [0.1, 0.15) is 0 Å². The number of aryl methyl sites for hydroxylation is 1. The van der Waals surface area contributed by atoms with E-state index in [1.807, 2.05) is 19.1 Å². The zero-order valence-corrected chi connectivity index (χ0v) is 19.8. The highest BCUT2D eigenvalue weighted by molar-refractivity contribution is 9.10. The molecule has 1 aliphatic heterocycles. The predicted octanol–water partition coefficient (Wildman–Crippen LogP) is 4.25. The van der Waals surface area contributed by atoms with E-state index in [1.54, 1.807) is 30.3 Å². The number of rotatable bonds is 6. The van der Waals surface area contributed by atoms with Crippen molar-refractivity contribution in [3.8, 4) is 6.07 Å². The van der Waals surface area contributed by atoms with E-state index in [1.165, 1.54) is 7.11 Å². The third-order valence-electron chi connectivity index (χ3n) is 4.88. The number of methoxy groups -OCH3 is 1. The van der Waals surface area contributed by atoms with Crippen molar-refractivity contribution < 1.29 is 19.1 Å². The molecule has 1 atom stereocenters. The summed E-state index contributed by atoms with van der Waals surface area (Å²) in [5.74, 6) is -1.38. The number of ether oxygens (including phenoxy) is 1. The second-order valence-electron chi connectivity index (χ2n) is 7.07. The van der Waals surface area contributed by atoms with Crippen LogP contribution in [0.25, 0.3) is 0 Å². The number of amides is 2. The summed E-state index contributed by atoms with van der Waals surface area (Å²) >= 11 is 4.53. The van der Waals surface area contributed by atoms with Crippen LogP contribution < -0.4 is 10.6 Å². The van der Waals surface area contributed by atoms with Crippen LogP contribution in [0, 0.1) is 18.3 Å². The first-order chi connectivity index (χ1) is 15.3. The van der Waals surface area contributed by atoms with Crippen LogP contribution in [0.3, 0.4) is 0 Å². The average molecular weight is 514 g/mol. The molecule has 0 aromatic heterocycles. The molecule has 0 bridgehead atoms. The van der Waals surface area contributed by atoms with E-state index in [2.05, 4.69) is 32.6 Å². The van der Waals surface area contributed by atoms with Crippen molar-refractivity contribution in [2.45, 2.75) is 19.3 Å². The molecule has 164 valence electrons. The lowest BCUT2D eigenvalue weighted by Crippen LogP contribution is -2.31. The summed E-state index contributed by atoms with van der Waals surface area (Å²) in [6.45, 7) is 1.92. The summed E-state index contributed by atoms with van der Waals surface area (Å²) in [6, 6.07) is 14.3. The number of hydrogen-bond acceptors (Lipinski definition) is 6. The lowest BCUT2D eigenvalue weighted by Gasteiger charge is -2.25. The number of nitrogens with zero attached hydrogens (tertiary/aromatic N) is 1. The molecule has 0 saturated heterocycles. The van der Waals surface area contributed by atoms with Crippen molar-refractivity contribution in [3.05, 3.63) is 74.2 Å². The average Bonchev–Trinajstić information content (AvgIpc) is 2.79. The van der Waals surface area contributed by atoms with Crippen molar-refractivity contribution in [2.75, 3.05) is 18.2 Å². The monoisotopic (exact) mass is 513 g/mol. The van der Waals surface area contributed by atoms with E-state index < -0.39 is 11.9 Å². The Bertz CT molecular complexity index is 1140. The van der Waals surface area contributed by atoms with Gasteiger partial charge in [-0.2, -0.15) is 5.26 Å². The van der Waals surface area contributed by atoms with Gasteiger partial charge < -0.3 is 15.4 Å². The molecule has 2 amide bonds. The Morgan fingerprint density at radius 3 is 2.62 bits per heavy atom. The van der Waals surface area contributed by atoms with Gasteiger partial charge in [0.05, 0.1) is 35.1 Å². The molecule has 0 fully saturated rings. The van der Waals surface area contributed by atoms with Gasteiger partial charge in [-0.1, -0.05) is 39.8 Å². The normalized spacial score (nSPS) is 15.6. The van der Waals surface area contributed by atoms with E-state index in [9.17, 15) is 19.6 Å². The highest BCUT2D eigenvalue weighted by Crippen LogP contribution is 2.36. The maximum atomic E-state index is 12.4. The molecule has 3 rings (SSSR count). The van der Waals surface area contributed by atoms with E-state index in [-0.39, 0.29) is 24.0 Å². The Labute approximate surface area is 198 Å². The van der Waals surface area contributed by atoms with Crippen molar-refractivity contribution in [3.63, 3.8) is 0 Å². The quantitative estimate of drug-likeness (QED) is 0.558. The smallest absolute Gasteiger partial charge is 0.337 e. The Hall–Kier alpha value is -3.09. The van der Waals surface area contributed by atoms with Gasteiger partial charge in [-0.15, -0.1) is 0 Å². The molecular weight excluding hydrogens is 494 g/mol. The number of thioether (sulfide) groups is 1. The minimum absolute atomic E-state index is 0.0317. The molecule has 2 aromatic carbocycles. The maximum Gasteiger partial charge on any atom is 0.337 e. The Morgan fingerprint density at radius 2 is 2.00 bits per heavy atom. The molecule has 7 nitrogen and oxygen atoms in total. The molecule has 9 heteroatoms. The molecule has 1 heterocycles. The number of allylic oxidation sites excluding steroid dienone is 1. The molecule has 0 radical (unpaired) electrons. The maximum absolute atomic E-state index is 12.4. The molecule has 0 aliphatic carbocycles. The fourth-order valence-electron chi connectivity index (χ4n) is 3.24. The lowest BCUT2D eigenvalue weighted by molar-refractivity contribution is -0.121. The molecule has 32 heavy (non-hydrogen) atoms. The van der Waals surface area contributed by atoms with Crippen molar-refractivity contribution in [2.24, 2.45) is 0 Å². The van der Waals surface area contributed by atoms with Gasteiger partial charge in [0.2, 0.25) is 11.8 Å². The number of carbonyl (C=O) groups excluding carboxylic acids is 3. The summed E-state index contributed by atoms with van der Waals surface area (Å²) in [6.07, 6.45) is 0.106. The van der Waals surface area contributed by atoms with Crippen molar-refractivity contribution in [1.82, 2.24) is 5.32 Å². The molecule has 0 unspecified atom stereocenters. The molecule has 2 N–H and O–H groups in total. The number of anilines is 1. The number of carbonyl (C=O) groups is 3. The van der Waals surface area contributed by atoms with Gasteiger partial charge in [0.15, 0.2) is 0 Å². The van der Waals surface area contributed by atoms with E-state index >= 15 is 0 Å². The summed E-state index contributed by atoms with van der Waals surface area (Å²) in [7, 11) is 1.30. The van der Waals surface area contributed by atoms with Crippen LogP contribution in [0.4, 0.5) is 5.69 Å². The van der Waals surface area contributed by atoms with Crippen molar-refractivity contribution >= 4 is 51.2 Å². The second kappa shape index (κ2) is 10.5. The van der Waals surface area contributed by atoms with Gasteiger partial charge in [0.25, 0.3) is 0 Å². The van der Waals surface area contributed by atoms with Crippen LogP contribution in [0.1, 0.15) is 33.8 Å². The lowest BCUT2D eigenvalue weighted by atomic mass is 9.87. The SMILES string of the molecule is COC(=O)c1ccc([C@@H]2CC(=O)NC(SCC(=O)Nc3ccc(Br)c(C)c3)=C2C#N)cc1. The van der Waals surface area contributed by atoms with Gasteiger partial charge in [0, 0.05) is 22.5 Å². The Morgan fingerprint density at radius 1 is 1.28 bits per heavy atom. The van der Waals surface area contributed by atoms with Gasteiger partial charge in [-0.25, -0.2) is 4.79 Å². The Balaban J connectivity index is 1.75.